The minimum atomic E-state index is -0.126. The number of anilines is 1. The van der Waals surface area contributed by atoms with Crippen molar-refractivity contribution >= 4 is 51.9 Å². The molecule has 2 saturated heterocycles. The van der Waals surface area contributed by atoms with Gasteiger partial charge in [-0.2, -0.15) is 0 Å². The van der Waals surface area contributed by atoms with Crippen LogP contribution in [0.25, 0.3) is 6.08 Å². The predicted octanol–water partition coefficient (Wildman–Crippen LogP) is 4.03. The minimum Gasteiger partial charge on any atom is -0.493 e. The molecule has 0 spiro atoms. The van der Waals surface area contributed by atoms with Gasteiger partial charge in [0.05, 0.1) is 19.1 Å². The van der Waals surface area contributed by atoms with Crippen LogP contribution in [0.3, 0.4) is 0 Å². The Morgan fingerprint density at radius 3 is 2.43 bits per heavy atom. The highest BCUT2D eigenvalue weighted by molar-refractivity contribution is 8.26. The van der Waals surface area contributed by atoms with Crippen LogP contribution in [0.15, 0.2) is 53.4 Å². The Bertz CT molecular complexity index is 1110. The number of carbonyl (C=O) groups is 2. The zero-order valence-electron chi connectivity index (χ0n) is 19.9. The third-order valence-electron chi connectivity index (χ3n) is 6.11. The van der Waals surface area contributed by atoms with Crippen molar-refractivity contribution in [2.24, 2.45) is 0 Å². The molecule has 2 aromatic rings. The number of thiocarbonyl (C=S) groups is 1. The highest BCUT2D eigenvalue weighted by atomic mass is 32.2. The van der Waals surface area contributed by atoms with Crippen molar-refractivity contribution in [2.45, 2.75) is 12.8 Å². The molecule has 35 heavy (non-hydrogen) atoms. The van der Waals surface area contributed by atoms with Crippen LogP contribution in [-0.4, -0.2) is 72.9 Å². The lowest BCUT2D eigenvalue weighted by Gasteiger charge is -2.36. The molecule has 0 unspecified atom stereocenters. The number of nitrogens with zero attached hydrogens (tertiary/aromatic N) is 3. The SMILES string of the molecule is COc1ccc(C=C2SC(=S)N(CCCC(=O)N3CCN(c4ccccc4)CC3)C2=O)cc1OC. The highest BCUT2D eigenvalue weighted by Crippen LogP contribution is 2.34. The summed E-state index contributed by atoms with van der Waals surface area (Å²) < 4.78 is 11.1. The second kappa shape index (κ2) is 11.6. The number of carbonyl (C=O) groups excluding carboxylic acids is 2. The molecule has 0 radical (unpaired) electrons. The molecule has 2 heterocycles. The molecule has 4 rings (SSSR count). The number of methoxy groups -OCH3 is 2. The number of piperazine rings is 1. The van der Waals surface area contributed by atoms with Crippen LogP contribution in [0.5, 0.6) is 11.5 Å². The first-order valence-corrected chi connectivity index (χ1v) is 12.8. The van der Waals surface area contributed by atoms with Crippen molar-refractivity contribution in [3.63, 3.8) is 0 Å². The van der Waals surface area contributed by atoms with E-state index in [1.54, 1.807) is 31.3 Å². The second-order valence-electron chi connectivity index (χ2n) is 8.25. The molecule has 0 bridgehead atoms. The molecule has 0 aromatic heterocycles. The Labute approximate surface area is 215 Å². The quantitative estimate of drug-likeness (QED) is 0.392. The van der Waals surface area contributed by atoms with Crippen LogP contribution in [0, 0.1) is 0 Å². The summed E-state index contributed by atoms with van der Waals surface area (Å²) in [5.74, 6) is 1.23. The van der Waals surface area contributed by atoms with E-state index in [0.29, 0.717) is 53.2 Å². The van der Waals surface area contributed by atoms with Crippen molar-refractivity contribution in [3.8, 4) is 11.5 Å². The lowest BCUT2D eigenvalue weighted by Crippen LogP contribution is -2.48. The van der Waals surface area contributed by atoms with Gasteiger partial charge in [-0.05, 0) is 42.3 Å². The van der Waals surface area contributed by atoms with E-state index in [1.807, 2.05) is 35.2 Å². The van der Waals surface area contributed by atoms with Gasteiger partial charge < -0.3 is 19.3 Å². The Morgan fingerprint density at radius 2 is 1.74 bits per heavy atom. The van der Waals surface area contributed by atoms with Gasteiger partial charge in [-0.25, -0.2) is 0 Å². The van der Waals surface area contributed by atoms with Gasteiger partial charge in [0, 0.05) is 44.8 Å². The Balaban J connectivity index is 1.27. The van der Waals surface area contributed by atoms with E-state index < -0.39 is 0 Å². The summed E-state index contributed by atoms with van der Waals surface area (Å²) in [6.45, 7) is 3.51. The van der Waals surface area contributed by atoms with Gasteiger partial charge in [-0.15, -0.1) is 0 Å². The number of benzene rings is 2. The molecule has 2 aromatic carbocycles. The van der Waals surface area contributed by atoms with Crippen molar-refractivity contribution in [2.75, 3.05) is 51.8 Å². The zero-order chi connectivity index (χ0) is 24.8. The van der Waals surface area contributed by atoms with E-state index >= 15 is 0 Å². The Kier molecular flexibility index (Phi) is 8.30. The Hall–Kier alpha value is -3.04. The molecule has 2 aliphatic rings. The molecule has 0 saturated carbocycles. The van der Waals surface area contributed by atoms with E-state index in [0.717, 1.165) is 18.7 Å². The number of para-hydroxylation sites is 1. The molecule has 0 aliphatic carbocycles. The summed E-state index contributed by atoms with van der Waals surface area (Å²) in [6.07, 6.45) is 2.78. The van der Waals surface area contributed by atoms with E-state index in [-0.39, 0.29) is 11.8 Å². The fourth-order valence-electron chi connectivity index (χ4n) is 4.19. The number of hydrogen-bond acceptors (Lipinski definition) is 7. The summed E-state index contributed by atoms with van der Waals surface area (Å²) in [6, 6.07) is 15.8. The fraction of sp³-hybridized carbons (Fsp3) is 0.346. The summed E-state index contributed by atoms with van der Waals surface area (Å²) in [5.41, 5.74) is 2.02. The maximum atomic E-state index is 12.9. The van der Waals surface area contributed by atoms with E-state index in [2.05, 4.69) is 17.0 Å². The van der Waals surface area contributed by atoms with E-state index in [9.17, 15) is 9.59 Å². The van der Waals surface area contributed by atoms with Crippen molar-refractivity contribution in [1.82, 2.24) is 9.80 Å². The van der Waals surface area contributed by atoms with E-state index in [4.69, 9.17) is 21.7 Å². The zero-order valence-corrected chi connectivity index (χ0v) is 21.6. The second-order valence-corrected chi connectivity index (χ2v) is 9.93. The maximum absolute atomic E-state index is 12.9. The fourth-order valence-corrected chi connectivity index (χ4v) is 5.49. The average molecular weight is 512 g/mol. The van der Waals surface area contributed by atoms with Gasteiger partial charge >= 0.3 is 0 Å². The van der Waals surface area contributed by atoms with E-state index in [1.165, 1.54) is 17.4 Å². The lowest BCUT2D eigenvalue weighted by molar-refractivity contribution is -0.132. The van der Waals surface area contributed by atoms with Gasteiger partial charge in [0.25, 0.3) is 5.91 Å². The maximum Gasteiger partial charge on any atom is 0.266 e. The van der Waals surface area contributed by atoms with Gasteiger partial charge in [0.1, 0.15) is 4.32 Å². The lowest BCUT2D eigenvalue weighted by atomic mass is 10.2. The summed E-state index contributed by atoms with van der Waals surface area (Å²) >= 11 is 6.73. The summed E-state index contributed by atoms with van der Waals surface area (Å²) in [7, 11) is 3.16. The molecule has 9 heteroatoms. The van der Waals surface area contributed by atoms with Gasteiger partial charge in [-0.3, -0.25) is 14.5 Å². The van der Waals surface area contributed by atoms with Gasteiger partial charge in [-0.1, -0.05) is 48.2 Å². The normalized spacial score (nSPS) is 17.3. The third kappa shape index (κ3) is 5.97. The largest absolute Gasteiger partial charge is 0.493 e. The molecule has 7 nitrogen and oxygen atoms in total. The molecule has 2 fully saturated rings. The molecular weight excluding hydrogens is 482 g/mol. The minimum absolute atomic E-state index is 0.126. The van der Waals surface area contributed by atoms with Crippen molar-refractivity contribution in [1.29, 1.82) is 0 Å². The van der Waals surface area contributed by atoms with Gasteiger partial charge in [0.2, 0.25) is 5.91 Å². The van der Waals surface area contributed by atoms with Crippen LogP contribution in [0.1, 0.15) is 18.4 Å². The van der Waals surface area contributed by atoms with Crippen LogP contribution >= 0.6 is 24.0 Å². The van der Waals surface area contributed by atoms with Crippen molar-refractivity contribution < 1.29 is 19.1 Å². The van der Waals surface area contributed by atoms with Crippen LogP contribution in [-0.2, 0) is 9.59 Å². The topological polar surface area (TPSA) is 62.3 Å². The predicted molar refractivity (Wildman–Crippen MR) is 144 cm³/mol. The first-order chi connectivity index (χ1) is 17.0. The molecule has 184 valence electrons. The third-order valence-corrected chi connectivity index (χ3v) is 7.48. The number of thioether (sulfide) groups is 1. The van der Waals surface area contributed by atoms with Crippen LogP contribution < -0.4 is 14.4 Å². The molecule has 2 aliphatic heterocycles. The van der Waals surface area contributed by atoms with Crippen LogP contribution in [0.2, 0.25) is 0 Å². The first-order valence-electron chi connectivity index (χ1n) is 11.6. The smallest absolute Gasteiger partial charge is 0.266 e. The standard InChI is InChI=1S/C26H29N3O4S2/c1-32-21-11-10-19(17-22(21)33-2)18-23-25(31)29(26(34)35-23)12-6-9-24(30)28-15-13-27(14-16-28)20-7-4-3-5-8-20/h3-5,7-8,10-11,17-18H,6,9,12-16H2,1-2H3. The van der Waals surface area contributed by atoms with Crippen molar-refractivity contribution in [3.05, 3.63) is 59.0 Å². The number of hydrogen-bond donors (Lipinski definition) is 0. The number of rotatable bonds is 8. The van der Waals surface area contributed by atoms with Crippen LogP contribution in [0.4, 0.5) is 5.69 Å². The highest BCUT2D eigenvalue weighted by Gasteiger charge is 2.32. The number of amides is 2. The molecule has 0 N–H and O–H groups in total. The summed E-state index contributed by atoms with van der Waals surface area (Å²) in [4.78, 5) is 32.0. The molecule has 0 atom stereocenters. The molecular formula is C26H29N3O4S2. The van der Waals surface area contributed by atoms with Gasteiger partial charge in [0.15, 0.2) is 11.5 Å². The number of ether oxygens (including phenoxy) is 2. The first kappa shape index (κ1) is 25.1. The Morgan fingerprint density at radius 1 is 1.03 bits per heavy atom. The average Bonchev–Trinajstić information content (AvgIpc) is 3.16. The monoisotopic (exact) mass is 511 g/mol. The molecule has 2 amide bonds. The summed E-state index contributed by atoms with van der Waals surface area (Å²) in [5, 5.41) is 0.